The number of hydrogen-bond acceptors (Lipinski definition) is 1. The van der Waals surface area contributed by atoms with Crippen LogP contribution in [-0.2, 0) is 0 Å². The zero-order valence-electron chi connectivity index (χ0n) is 7.29. The highest BCUT2D eigenvalue weighted by Crippen LogP contribution is 2.50. The van der Waals surface area contributed by atoms with Gasteiger partial charge < -0.3 is 4.90 Å². The summed E-state index contributed by atoms with van der Waals surface area (Å²) in [5.41, 5.74) is 0. The zero-order valence-corrected chi connectivity index (χ0v) is 7.29. The number of fused-ring (bicyclic) bond motifs is 2. The lowest BCUT2D eigenvalue weighted by atomic mass is 9.59. The highest BCUT2D eigenvalue weighted by molar-refractivity contribution is 5.00. The van der Waals surface area contributed by atoms with E-state index in [1.54, 1.807) is 12.8 Å². The minimum Gasteiger partial charge on any atom is -0.303 e. The molecule has 2 saturated heterocycles. The van der Waals surface area contributed by atoms with E-state index in [0.29, 0.717) is 0 Å². The summed E-state index contributed by atoms with van der Waals surface area (Å²) in [5, 5.41) is 0. The quantitative estimate of drug-likeness (QED) is 0.509. The van der Waals surface area contributed by atoms with Crippen molar-refractivity contribution >= 4 is 0 Å². The second-order valence-electron chi connectivity index (χ2n) is 4.84. The fourth-order valence-electron chi connectivity index (χ4n) is 3.79. The largest absolute Gasteiger partial charge is 0.303 e. The third-order valence-electron chi connectivity index (χ3n) is 4.36. The topological polar surface area (TPSA) is 3.24 Å². The first-order chi connectivity index (χ1) is 5.34. The van der Waals surface area contributed by atoms with Gasteiger partial charge >= 0.3 is 0 Å². The van der Waals surface area contributed by atoms with Crippen molar-refractivity contribution < 1.29 is 0 Å². The summed E-state index contributed by atoms with van der Waals surface area (Å²) < 4.78 is 0. The van der Waals surface area contributed by atoms with Crippen LogP contribution in [0, 0.1) is 17.8 Å². The molecule has 3 aliphatic carbocycles. The van der Waals surface area contributed by atoms with Gasteiger partial charge in [-0.2, -0.15) is 0 Å². The van der Waals surface area contributed by atoms with Crippen LogP contribution in [0.25, 0.3) is 0 Å². The Balaban J connectivity index is 1.93. The zero-order chi connectivity index (χ0) is 7.42. The first kappa shape index (κ1) is 6.47. The molecule has 2 heterocycles. The first-order valence-corrected chi connectivity index (χ1v) is 5.05. The fraction of sp³-hybridized carbons (Fsp3) is 1.00. The molecule has 0 aromatic heterocycles. The van der Waals surface area contributed by atoms with Crippen molar-refractivity contribution in [2.75, 3.05) is 13.6 Å². The van der Waals surface area contributed by atoms with Gasteiger partial charge in [-0.05, 0) is 50.5 Å². The molecule has 0 radical (unpaired) electrons. The van der Waals surface area contributed by atoms with E-state index in [1.807, 2.05) is 0 Å². The molecule has 62 valence electrons. The van der Waals surface area contributed by atoms with Crippen LogP contribution in [-0.4, -0.2) is 24.5 Å². The molecule has 2 aliphatic heterocycles. The molecule has 0 amide bonds. The Bertz CT molecular complexity index is 176. The van der Waals surface area contributed by atoms with Crippen molar-refractivity contribution in [3.8, 4) is 0 Å². The molecule has 4 bridgehead atoms. The van der Waals surface area contributed by atoms with E-state index in [2.05, 4.69) is 11.9 Å². The molecule has 4 atom stereocenters. The molecule has 1 heteroatoms. The maximum atomic E-state index is 2.62. The SMILES string of the molecule is CN1CC2CC3CCC2CC31. The number of hydrogen-bond donors (Lipinski definition) is 0. The van der Waals surface area contributed by atoms with Gasteiger partial charge in [0.1, 0.15) is 0 Å². The summed E-state index contributed by atoms with van der Waals surface area (Å²) in [5.74, 6) is 3.30. The van der Waals surface area contributed by atoms with Gasteiger partial charge in [0.2, 0.25) is 0 Å². The number of piperidine rings is 2. The van der Waals surface area contributed by atoms with Gasteiger partial charge in [-0.15, -0.1) is 0 Å². The van der Waals surface area contributed by atoms with Gasteiger partial charge in [-0.1, -0.05) is 0 Å². The Morgan fingerprint density at radius 2 is 1.82 bits per heavy atom. The molecule has 0 aromatic carbocycles. The first-order valence-electron chi connectivity index (χ1n) is 5.05. The lowest BCUT2D eigenvalue weighted by Crippen LogP contribution is -2.57. The molecule has 3 saturated carbocycles. The lowest BCUT2D eigenvalue weighted by Gasteiger charge is -2.56. The van der Waals surface area contributed by atoms with Crippen molar-refractivity contribution in [3.63, 3.8) is 0 Å². The van der Waals surface area contributed by atoms with Crippen LogP contribution < -0.4 is 0 Å². The lowest BCUT2D eigenvalue weighted by molar-refractivity contribution is -0.0640. The summed E-state index contributed by atoms with van der Waals surface area (Å²) in [6.07, 6.45) is 6.20. The van der Waals surface area contributed by atoms with Gasteiger partial charge in [0.25, 0.3) is 0 Å². The molecule has 5 fully saturated rings. The van der Waals surface area contributed by atoms with E-state index in [0.717, 1.165) is 23.8 Å². The smallest absolute Gasteiger partial charge is 0.0123 e. The summed E-state index contributed by atoms with van der Waals surface area (Å²) in [7, 11) is 2.32. The Labute approximate surface area is 68.8 Å². The third-order valence-corrected chi connectivity index (χ3v) is 4.36. The van der Waals surface area contributed by atoms with Crippen molar-refractivity contribution in [3.05, 3.63) is 0 Å². The predicted octanol–water partition coefficient (Wildman–Crippen LogP) is 1.74. The Morgan fingerprint density at radius 1 is 1.00 bits per heavy atom. The summed E-state index contributed by atoms with van der Waals surface area (Å²) in [6.45, 7) is 1.41. The van der Waals surface area contributed by atoms with Gasteiger partial charge in [0.15, 0.2) is 0 Å². The minimum atomic E-state index is 0.985. The molecule has 5 aliphatic rings. The monoisotopic (exact) mass is 151 g/mol. The maximum absolute atomic E-state index is 2.62. The van der Waals surface area contributed by atoms with Crippen molar-refractivity contribution in [2.45, 2.75) is 31.7 Å². The van der Waals surface area contributed by atoms with E-state index in [1.165, 1.54) is 19.4 Å². The standard InChI is InChI=1S/C10H17N/c1-11-6-9-4-8-3-2-7(9)5-10(8)11/h7-10H,2-6H2,1H3. The molecule has 0 N–H and O–H groups in total. The Hall–Kier alpha value is -0.0400. The molecule has 5 rings (SSSR count). The van der Waals surface area contributed by atoms with Crippen LogP contribution in [0.3, 0.4) is 0 Å². The Morgan fingerprint density at radius 3 is 2.36 bits per heavy atom. The maximum Gasteiger partial charge on any atom is 0.0123 e. The van der Waals surface area contributed by atoms with E-state index in [-0.39, 0.29) is 0 Å². The normalized spacial score (nSPS) is 55.4. The second-order valence-corrected chi connectivity index (χ2v) is 4.84. The average Bonchev–Trinajstić information content (AvgIpc) is 2.05. The third kappa shape index (κ3) is 0.752. The van der Waals surface area contributed by atoms with Crippen LogP contribution in [0.15, 0.2) is 0 Å². The molecular weight excluding hydrogens is 134 g/mol. The minimum absolute atomic E-state index is 0.985. The highest BCUT2D eigenvalue weighted by atomic mass is 15.2. The van der Waals surface area contributed by atoms with E-state index >= 15 is 0 Å². The molecular formula is C10H17N. The van der Waals surface area contributed by atoms with Gasteiger partial charge in [-0.3, -0.25) is 0 Å². The summed E-state index contributed by atoms with van der Waals surface area (Å²) in [6, 6.07) is 0.985. The van der Waals surface area contributed by atoms with E-state index < -0.39 is 0 Å². The summed E-state index contributed by atoms with van der Waals surface area (Å²) in [4.78, 5) is 2.62. The highest BCUT2D eigenvalue weighted by Gasteiger charge is 2.47. The van der Waals surface area contributed by atoms with Crippen molar-refractivity contribution in [1.82, 2.24) is 4.90 Å². The van der Waals surface area contributed by atoms with Crippen LogP contribution in [0.5, 0.6) is 0 Å². The number of nitrogens with zero attached hydrogens (tertiary/aromatic N) is 1. The average molecular weight is 151 g/mol. The molecule has 0 aromatic rings. The predicted molar refractivity (Wildman–Crippen MR) is 45.4 cm³/mol. The second kappa shape index (κ2) is 2.01. The van der Waals surface area contributed by atoms with E-state index in [9.17, 15) is 0 Å². The molecule has 11 heavy (non-hydrogen) atoms. The Kier molecular flexibility index (Phi) is 1.18. The fourth-order valence-corrected chi connectivity index (χ4v) is 3.79. The van der Waals surface area contributed by atoms with Gasteiger partial charge in [0, 0.05) is 12.6 Å². The van der Waals surface area contributed by atoms with Crippen molar-refractivity contribution in [2.24, 2.45) is 17.8 Å². The number of rotatable bonds is 0. The van der Waals surface area contributed by atoms with Crippen LogP contribution in [0.4, 0.5) is 0 Å². The van der Waals surface area contributed by atoms with Crippen LogP contribution >= 0.6 is 0 Å². The van der Waals surface area contributed by atoms with Crippen molar-refractivity contribution in [1.29, 1.82) is 0 Å². The molecule has 1 nitrogen and oxygen atoms in total. The van der Waals surface area contributed by atoms with E-state index in [4.69, 9.17) is 0 Å². The van der Waals surface area contributed by atoms with Crippen LogP contribution in [0.1, 0.15) is 25.7 Å². The molecule has 0 spiro atoms. The van der Waals surface area contributed by atoms with Crippen LogP contribution in [0.2, 0.25) is 0 Å². The van der Waals surface area contributed by atoms with Gasteiger partial charge in [-0.25, -0.2) is 0 Å². The van der Waals surface area contributed by atoms with Gasteiger partial charge in [0.05, 0.1) is 0 Å². The summed E-state index contributed by atoms with van der Waals surface area (Å²) >= 11 is 0. The molecule has 4 unspecified atom stereocenters.